The molecule has 1 unspecified atom stereocenters. The maximum absolute atomic E-state index is 6.10. The number of hydrogen-bond acceptors (Lipinski definition) is 4. The molecule has 18 heavy (non-hydrogen) atoms. The van der Waals surface area contributed by atoms with Crippen LogP contribution in [-0.2, 0) is 0 Å². The zero-order valence-corrected chi connectivity index (χ0v) is 12.2. The van der Waals surface area contributed by atoms with Crippen molar-refractivity contribution in [2.75, 3.05) is 26.9 Å². The average Bonchev–Trinajstić information content (AvgIpc) is 2.37. The van der Waals surface area contributed by atoms with E-state index >= 15 is 0 Å². The van der Waals surface area contributed by atoms with E-state index in [1.807, 2.05) is 19.3 Å². The molecule has 4 nitrogen and oxygen atoms in total. The van der Waals surface area contributed by atoms with Gasteiger partial charge >= 0.3 is 0 Å². The summed E-state index contributed by atoms with van der Waals surface area (Å²) in [6.45, 7) is 4.45. The average molecular weight is 250 g/mol. The van der Waals surface area contributed by atoms with Gasteiger partial charge in [-0.25, -0.2) is 0 Å². The lowest BCUT2D eigenvalue weighted by molar-refractivity contribution is 0.0919. The van der Waals surface area contributed by atoms with E-state index in [4.69, 9.17) is 5.73 Å². The molecule has 0 amide bonds. The number of anilines is 1. The molecule has 0 radical (unpaired) electrons. The van der Waals surface area contributed by atoms with Crippen molar-refractivity contribution in [2.45, 2.75) is 38.3 Å². The molecule has 4 heteroatoms. The minimum atomic E-state index is 0.0475. The third-order valence-corrected chi connectivity index (χ3v) is 4.14. The molecule has 1 rings (SSSR count). The van der Waals surface area contributed by atoms with Crippen molar-refractivity contribution in [1.29, 1.82) is 0 Å². The van der Waals surface area contributed by atoms with Crippen molar-refractivity contribution < 1.29 is 0 Å². The molecule has 0 fully saturated rings. The Morgan fingerprint density at radius 2 is 2.00 bits per heavy atom. The first kappa shape index (κ1) is 14.9. The van der Waals surface area contributed by atoms with Gasteiger partial charge in [-0.3, -0.25) is 4.98 Å². The van der Waals surface area contributed by atoms with Gasteiger partial charge in [0.05, 0.1) is 6.04 Å². The van der Waals surface area contributed by atoms with Crippen LogP contribution in [0.5, 0.6) is 0 Å². The Kier molecular flexibility index (Phi) is 5.11. The van der Waals surface area contributed by atoms with E-state index in [-0.39, 0.29) is 11.6 Å². The summed E-state index contributed by atoms with van der Waals surface area (Å²) in [4.78, 5) is 6.51. The van der Waals surface area contributed by atoms with E-state index in [0.717, 1.165) is 24.1 Å². The smallest absolute Gasteiger partial charge is 0.0540 e. The third-order valence-electron chi connectivity index (χ3n) is 4.14. The second-order valence-electron chi connectivity index (χ2n) is 4.93. The molecule has 0 aromatic carbocycles. The van der Waals surface area contributed by atoms with Crippen molar-refractivity contribution in [3.8, 4) is 0 Å². The predicted octanol–water partition coefficient (Wildman–Crippen LogP) is 2.04. The van der Waals surface area contributed by atoms with Crippen LogP contribution in [0.2, 0.25) is 0 Å². The van der Waals surface area contributed by atoms with Crippen molar-refractivity contribution in [1.82, 2.24) is 15.2 Å². The van der Waals surface area contributed by atoms with Gasteiger partial charge in [0, 0.05) is 29.2 Å². The summed E-state index contributed by atoms with van der Waals surface area (Å²) in [7, 11) is 6.24. The molecule has 1 heterocycles. The van der Waals surface area contributed by atoms with E-state index in [0.29, 0.717) is 0 Å². The zero-order chi connectivity index (χ0) is 13.8. The summed E-state index contributed by atoms with van der Waals surface area (Å²) < 4.78 is 0. The number of nitrogen functional groups attached to an aromatic ring is 1. The van der Waals surface area contributed by atoms with E-state index in [2.05, 4.69) is 43.1 Å². The number of rotatable bonds is 6. The molecule has 0 bridgehead atoms. The Balaban J connectivity index is 3.27. The highest BCUT2D eigenvalue weighted by Crippen LogP contribution is 2.37. The topological polar surface area (TPSA) is 54.2 Å². The Morgan fingerprint density at radius 3 is 2.39 bits per heavy atom. The number of pyridine rings is 1. The standard InChI is InChI=1S/C14H26N4/c1-6-14(7-2,18(4)5)13(16-3)11-10-17-9-8-12(11)15/h8-10,13,16H,6-7H2,1-5H3,(H2,15,17). The van der Waals surface area contributed by atoms with E-state index in [1.54, 1.807) is 6.20 Å². The highest BCUT2D eigenvalue weighted by atomic mass is 15.2. The first-order valence-electron chi connectivity index (χ1n) is 6.57. The monoisotopic (exact) mass is 250 g/mol. The number of nitrogens with two attached hydrogens (primary N) is 1. The molecule has 0 spiro atoms. The largest absolute Gasteiger partial charge is 0.398 e. The summed E-state index contributed by atoms with van der Waals surface area (Å²) in [5, 5.41) is 3.42. The molecule has 102 valence electrons. The summed E-state index contributed by atoms with van der Waals surface area (Å²) in [5.41, 5.74) is 8.04. The van der Waals surface area contributed by atoms with Crippen molar-refractivity contribution in [2.24, 2.45) is 0 Å². The van der Waals surface area contributed by atoms with Crippen molar-refractivity contribution in [3.63, 3.8) is 0 Å². The molecule has 1 aromatic rings. The number of hydrogen-bond donors (Lipinski definition) is 2. The molecule has 1 aromatic heterocycles. The Hall–Kier alpha value is -1.13. The first-order chi connectivity index (χ1) is 8.53. The molecule has 0 aliphatic rings. The van der Waals surface area contributed by atoms with Crippen LogP contribution < -0.4 is 11.1 Å². The third kappa shape index (κ3) is 2.49. The Morgan fingerprint density at radius 1 is 1.39 bits per heavy atom. The van der Waals surface area contributed by atoms with Crippen LogP contribution in [0, 0.1) is 0 Å². The van der Waals surface area contributed by atoms with E-state index in [1.165, 1.54) is 0 Å². The van der Waals surface area contributed by atoms with Crippen LogP contribution in [0.4, 0.5) is 5.69 Å². The quantitative estimate of drug-likeness (QED) is 0.811. The van der Waals surface area contributed by atoms with Crippen LogP contribution in [-0.4, -0.2) is 36.6 Å². The van der Waals surface area contributed by atoms with Gasteiger partial charge in [-0.15, -0.1) is 0 Å². The van der Waals surface area contributed by atoms with Gasteiger partial charge in [0.15, 0.2) is 0 Å². The summed E-state index contributed by atoms with van der Waals surface area (Å²) in [5.74, 6) is 0. The van der Waals surface area contributed by atoms with Gasteiger partial charge in [-0.05, 0) is 40.1 Å². The fraction of sp³-hybridized carbons (Fsp3) is 0.643. The van der Waals surface area contributed by atoms with E-state index in [9.17, 15) is 0 Å². The molecular weight excluding hydrogens is 224 g/mol. The van der Waals surface area contributed by atoms with Crippen molar-refractivity contribution >= 4 is 5.69 Å². The highest BCUT2D eigenvalue weighted by molar-refractivity contribution is 5.47. The SMILES string of the molecule is CCC(CC)(C(NC)c1cnccc1N)N(C)C. The van der Waals surface area contributed by atoms with Crippen LogP contribution >= 0.6 is 0 Å². The molecular formula is C14H26N4. The highest BCUT2D eigenvalue weighted by Gasteiger charge is 2.38. The minimum absolute atomic E-state index is 0.0475. The second kappa shape index (κ2) is 6.16. The van der Waals surface area contributed by atoms with Gasteiger partial charge in [0.2, 0.25) is 0 Å². The second-order valence-corrected chi connectivity index (χ2v) is 4.93. The van der Waals surface area contributed by atoms with Gasteiger partial charge in [0.1, 0.15) is 0 Å². The maximum Gasteiger partial charge on any atom is 0.0540 e. The fourth-order valence-corrected chi connectivity index (χ4v) is 2.92. The summed E-state index contributed by atoms with van der Waals surface area (Å²) in [6, 6.07) is 2.04. The molecule has 0 aliphatic heterocycles. The lowest BCUT2D eigenvalue weighted by Crippen LogP contribution is -2.52. The number of likely N-dealkylation sites (N-methyl/N-ethyl adjacent to an activating group) is 2. The van der Waals surface area contributed by atoms with Crippen LogP contribution in [0.3, 0.4) is 0 Å². The number of aromatic nitrogens is 1. The van der Waals surface area contributed by atoms with Gasteiger partial charge in [-0.1, -0.05) is 13.8 Å². The Bertz CT molecular complexity index is 372. The molecule has 1 atom stereocenters. The fourth-order valence-electron chi connectivity index (χ4n) is 2.92. The zero-order valence-electron chi connectivity index (χ0n) is 12.2. The van der Waals surface area contributed by atoms with Crippen LogP contribution in [0.25, 0.3) is 0 Å². The van der Waals surface area contributed by atoms with Gasteiger partial charge < -0.3 is 16.0 Å². The minimum Gasteiger partial charge on any atom is -0.398 e. The van der Waals surface area contributed by atoms with Crippen molar-refractivity contribution in [3.05, 3.63) is 24.0 Å². The summed E-state index contributed by atoms with van der Waals surface area (Å²) in [6.07, 6.45) is 5.72. The molecule has 0 saturated carbocycles. The number of nitrogens with one attached hydrogen (secondary N) is 1. The molecule has 3 N–H and O–H groups in total. The normalized spacial score (nSPS) is 13.9. The maximum atomic E-state index is 6.10. The van der Waals surface area contributed by atoms with Crippen LogP contribution in [0.1, 0.15) is 38.3 Å². The Labute approximate surface area is 111 Å². The predicted molar refractivity (Wildman–Crippen MR) is 77.5 cm³/mol. The van der Waals surface area contributed by atoms with Gasteiger partial charge in [-0.2, -0.15) is 0 Å². The van der Waals surface area contributed by atoms with E-state index < -0.39 is 0 Å². The number of nitrogens with zero attached hydrogens (tertiary/aromatic N) is 2. The molecule has 0 aliphatic carbocycles. The van der Waals surface area contributed by atoms with Crippen LogP contribution in [0.15, 0.2) is 18.5 Å². The van der Waals surface area contributed by atoms with Gasteiger partial charge in [0.25, 0.3) is 0 Å². The lowest BCUT2D eigenvalue weighted by atomic mass is 9.79. The first-order valence-corrected chi connectivity index (χ1v) is 6.57. The lowest BCUT2D eigenvalue weighted by Gasteiger charge is -2.45. The summed E-state index contributed by atoms with van der Waals surface area (Å²) >= 11 is 0. The molecule has 0 saturated heterocycles.